The van der Waals surface area contributed by atoms with Gasteiger partial charge in [-0.15, -0.1) is 0 Å². The van der Waals surface area contributed by atoms with Gasteiger partial charge in [0, 0.05) is 25.3 Å². The van der Waals surface area contributed by atoms with Crippen LogP contribution in [0, 0.1) is 5.92 Å². The minimum Gasteiger partial charge on any atom is -0.481 e. The first-order valence-electron chi connectivity index (χ1n) is 5.32. The summed E-state index contributed by atoms with van der Waals surface area (Å²) < 4.78 is 0. The van der Waals surface area contributed by atoms with Gasteiger partial charge >= 0.3 is 12.0 Å². The van der Waals surface area contributed by atoms with Crippen molar-refractivity contribution >= 4 is 23.8 Å². The second-order valence-corrected chi connectivity index (χ2v) is 4.49. The molecule has 0 bridgehead atoms. The van der Waals surface area contributed by atoms with E-state index in [0.717, 1.165) is 12.2 Å². The average Bonchev–Trinajstić information content (AvgIpc) is 2.24. The molecule has 94 valence electrons. The molecule has 0 heterocycles. The number of rotatable bonds is 8. The molecule has 1 unspecified atom stereocenters. The third-order valence-electron chi connectivity index (χ3n) is 2.18. The molecule has 1 atom stereocenters. The number of aliphatic carboxylic acids is 1. The molecule has 0 spiro atoms. The van der Waals surface area contributed by atoms with Gasteiger partial charge in [-0.3, -0.25) is 4.79 Å². The lowest BCUT2D eigenvalue weighted by Gasteiger charge is -2.13. The smallest absolute Gasteiger partial charge is 0.314 e. The summed E-state index contributed by atoms with van der Waals surface area (Å²) >= 11 is 1.66. The summed E-state index contributed by atoms with van der Waals surface area (Å²) in [5, 5.41) is 14.0. The SMILES string of the molecule is CCC(CNC(=O)NCCSC)CC(=O)O. The number of urea groups is 1. The van der Waals surface area contributed by atoms with Crippen LogP contribution < -0.4 is 10.6 Å². The lowest BCUT2D eigenvalue weighted by molar-refractivity contribution is -0.138. The highest BCUT2D eigenvalue weighted by atomic mass is 32.2. The molecular formula is C10H20N2O3S. The van der Waals surface area contributed by atoms with Crippen molar-refractivity contribution in [1.82, 2.24) is 10.6 Å². The van der Waals surface area contributed by atoms with Crippen molar-refractivity contribution in [3.05, 3.63) is 0 Å². The molecule has 0 saturated carbocycles. The summed E-state index contributed by atoms with van der Waals surface area (Å²) in [4.78, 5) is 21.7. The summed E-state index contributed by atoms with van der Waals surface area (Å²) in [6.07, 6.45) is 2.82. The second-order valence-electron chi connectivity index (χ2n) is 3.50. The third-order valence-corrected chi connectivity index (χ3v) is 2.80. The summed E-state index contributed by atoms with van der Waals surface area (Å²) in [5.74, 6) is 0.0555. The zero-order chi connectivity index (χ0) is 12.4. The normalized spacial score (nSPS) is 11.9. The number of thioether (sulfide) groups is 1. The number of carboxylic acids is 1. The van der Waals surface area contributed by atoms with Crippen molar-refractivity contribution in [3.63, 3.8) is 0 Å². The number of carbonyl (C=O) groups is 2. The molecule has 0 aliphatic rings. The number of hydrogen-bond donors (Lipinski definition) is 3. The van der Waals surface area contributed by atoms with Crippen molar-refractivity contribution in [1.29, 1.82) is 0 Å². The van der Waals surface area contributed by atoms with Crippen LogP contribution >= 0.6 is 11.8 Å². The average molecular weight is 248 g/mol. The summed E-state index contributed by atoms with van der Waals surface area (Å²) in [7, 11) is 0. The van der Waals surface area contributed by atoms with E-state index in [9.17, 15) is 9.59 Å². The maximum Gasteiger partial charge on any atom is 0.314 e. The summed E-state index contributed by atoms with van der Waals surface area (Å²) in [5.41, 5.74) is 0. The van der Waals surface area contributed by atoms with Crippen LogP contribution in [0.5, 0.6) is 0 Å². The van der Waals surface area contributed by atoms with Crippen LogP contribution in [-0.2, 0) is 4.79 Å². The Morgan fingerprint density at radius 1 is 1.38 bits per heavy atom. The second kappa shape index (κ2) is 9.33. The first-order valence-corrected chi connectivity index (χ1v) is 6.72. The van der Waals surface area contributed by atoms with E-state index in [0.29, 0.717) is 13.1 Å². The molecule has 6 heteroatoms. The van der Waals surface area contributed by atoms with Gasteiger partial charge in [0.05, 0.1) is 0 Å². The van der Waals surface area contributed by atoms with Gasteiger partial charge < -0.3 is 15.7 Å². The van der Waals surface area contributed by atoms with Crippen molar-refractivity contribution in [2.45, 2.75) is 19.8 Å². The van der Waals surface area contributed by atoms with Crippen LogP contribution in [-0.4, -0.2) is 42.2 Å². The fourth-order valence-electron chi connectivity index (χ4n) is 1.17. The van der Waals surface area contributed by atoms with Gasteiger partial charge in [-0.05, 0) is 12.2 Å². The van der Waals surface area contributed by atoms with Gasteiger partial charge in [-0.25, -0.2) is 4.79 Å². The van der Waals surface area contributed by atoms with Crippen molar-refractivity contribution in [2.75, 3.05) is 25.1 Å². The van der Waals surface area contributed by atoms with E-state index in [1.165, 1.54) is 0 Å². The van der Waals surface area contributed by atoms with Gasteiger partial charge in [0.2, 0.25) is 0 Å². The Hall–Kier alpha value is -0.910. The van der Waals surface area contributed by atoms with Crippen molar-refractivity contribution in [2.24, 2.45) is 5.92 Å². The molecule has 0 radical (unpaired) electrons. The van der Waals surface area contributed by atoms with E-state index in [1.54, 1.807) is 11.8 Å². The topological polar surface area (TPSA) is 78.4 Å². The molecule has 16 heavy (non-hydrogen) atoms. The van der Waals surface area contributed by atoms with Gasteiger partial charge in [0.25, 0.3) is 0 Å². The van der Waals surface area contributed by atoms with E-state index in [2.05, 4.69) is 10.6 Å². The molecule has 0 aromatic carbocycles. The first kappa shape index (κ1) is 15.1. The molecule has 3 N–H and O–H groups in total. The molecule has 0 aromatic heterocycles. The van der Waals surface area contributed by atoms with Crippen LogP contribution in [0.15, 0.2) is 0 Å². The van der Waals surface area contributed by atoms with Gasteiger partial charge in [0.15, 0.2) is 0 Å². The fraction of sp³-hybridized carbons (Fsp3) is 0.800. The standard InChI is InChI=1S/C10H20N2O3S/c1-3-8(6-9(13)14)7-12-10(15)11-4-5-16-2/h8H,3-7H2,1-2H3,(H,13,14)(H2,11,12,15). The Bertz CT molecular complexity index is 224. The zero-order valence-corrected chi connectivity index (χ0v) is 10.6. The number of nitrogens with one attached hydrogen (secondary N) is 2. The maximum absolute atomic E-state index is 11.2. The molecule has 0 rings (SSSR count). The van der Waals surface area contributed by atoms with Crippen molar-refractivity contribution in [3.8, 4) is 0 Å². The molecule has 0 aliphatic carbocycles. The Kier molecular flexibility index (Phi) is 8.80. The maximum atomic E-state index is 11.2. The highest BCUT2D eigenvalue weighted by molar-refractivity contribution is 7.98. The molecule has 0 fully saturated rings. The lowest BCUT2D eigenvalue weighted by Crippen LogP contribution is -2.39. The van der Waals surface area contributed by atoms with Crippen LogP contribution in [0.1, 0.15) is 19.8 Å². The highest BCUT2D eigenvalue weighted by Crippen LogP contribution is 2.06. The zero-order valence-electron chi connectivity index (χ0n) is 9.78. The molecule has 0 aromatic rings. The van der Waals surface area contributed by atoms with Crippen LogP contribution in [0.2, 0.25) is 0 Å². The quantitative estimate of drug-likeness (QED) is 0.563. The number of carboxylic acid groups (broad SMARTS) is 1. The third kappa shape index (κ3) is 8.40. The van der Waals surface area contributed by atoms with Crippen LogP contribution in [0.25, 0.3) is 0 Å². The molecule has 0 aliphatic heterocycles. The van der Waals surface area contributed by atoms with E-state index >= 15 is 0 Å². The van der Waals surface area contributed by atoms with Crippen molar-refractivity contribution < 1.29 is 14.7 Å². The highest BCUT2D eigenvalue weighted by Gasteiger charge is 2.11. The van der Waals surface area contributed by atoms with Gasteiger partial charge in [-0.2, -0.15) is 11.8 Å². The minimum atomic E-state index is -0.823. The van der Waals surface area contributed by atoms with E-state index < -0.39 is 5.97 Å². The van der Waals surface area contributed by atoms with Crippen LogP contribution in [0.3, 0.4) is 0 Å². The predicted molar refractivity (Wildman–Crippen MR) is 65.8 cm³/mol. The molecule has 2 amide bonds. The molecule has 0 saturated heterocycles. The predicted octanol–water partition coefficient (Wildman–Crippen LogP) is 1.15. The number of amides is 2. The Labute approximate surface area is 100 Å². The largest absolute Gasteiger partial charge is 0.481 e. The summed E-state index contributed by atoms with van der Waals surface area (Å²) in [6.45, 7) is 2.96. The van der Waals surface area contributed by atoms with E-state index in [4.69, 9.17) is 5.11 Å². The minimum absolute atomic E-state index is 0.00352. The van der Waals surface area contributed by atoms with E-state index in [1.807, 2.05) is 13.2 Å². The Balaban J connectivity index is 3.66. The number of hydrogen-bond acceptors (Lipinski definition) is 3. The number of carbonyl (C=O) groups excluding carboxylic acids is 1. The molecular weight excluding hydrogens is 228 g/mol. The van der Waals surface area contributed by atoms with E-state index in [-0.39, 0.29) is 18.4 Å². The van der Waals surface area contributed by atoms with Crippen LogP contribution in [0.4, 0.5) is 4.79 Å². The van der Waals surface area contributed by atoms with Gasteiger partial charge in [-0.1, -0.05) is 13.3 Å². The monoisotopic (exact) mass is 248 g/mol. The Morgan fingerprint density at radius 3 is 2.56 bits per heavy atom. The first-order chi connectivity index (χ1) is 7.60. The fourth-order valence-corrected chi connectivity index (χ4v) is 1.48. The molecule has 5 nitrogen and oxygen atoms in total. The van der Waals surface area contributed by atoms with Gasteiger partial charge in [0.1, 0.15) is 0 Å². The lowest BCUT2D eigenvalue weighted by atomic mass is 10.0. The summed E-state index contributed by atoms with van der Waals surface area (Å²) in [6, 6.07) is -0.224. The Morgan fingerprint density at radius 2 is 2.06 bits per heavy atom.